The van der Waals surface area contributed by atoms with Gasteiger partial charge in [0.15, 0.2) is 0 Å². The zero-order valence-electron chi connectivity index (χ0n) is 58.3. The van der Waals surface area contributed by atoms with Crippen LogP contribution in [0.15, 0.2) is 48.5 Å². The topological polar surface area (TPSA) is 256 Å². The van der Waals surface area contributed by atoms with Crippen LogP contribution in [0.2, 0.25) is 17.4 Å². The molecule has 3 saturated heterocycles. The molecule has 6 aliphatic carbocycles. The number of aliphatic hydroxyl groups is 3. The zero-order valence-corrected chi connectivity index (χ0v) is 59.4. The molecule has 10 N–H and O–H groups in total. The van der Waals surface area contributed by atoms with Crippen molar-refractivity contribution in [2.24, 2.45) is 75.7 Å². The fourth-order valence-corrected chi connectivity index (χ4v) is 15.8. The highest BCUT2D eigenvalue weighted by Gasteiger charge is 2.59. The van der Waals surface area contributed by atoms with Gasteiger partial charge in [0.1, 0.15) is 30.4 Å². The Kier molecular flexibility index (Phi) is 29.2. The summed E-state index contributed by atoms with van der Waals surface area (Å²) in [5.41, 5.74) is 9.93. The Morgan fingerprint density at radius 2 is 1.15 bits per heavy atom. The molecule has 3 heterocycles. The summed E-state index contributed by atoms with van der Waals surface area (Å²) < 4.78 is 5.36. The van der Waals surface area contributed by atoms with E-state index in [4.69, 9.17) is 20.1 Å². The molecule has 4 bridgehead atoms. The minimum Gasteiger partial charge on any atom is -0.461 e. The number of likely N-dealkylation sites (N-methyl/N-ethyl adjacent to an activating group) is 2. The van der Waals surface area contributed by atoms with Crippen molar-refractivity contribution < 1.29 is 48.9 Å². The maximum absolute atomic E-state index is 13.9. The average molecular weight is 1290 g/mol. The first-order valence-electron chi connectivity index (χ1n) is 33.8. The Morgan fingerprint density at radius 1 is 0.703 bits per heavy atom. The standard InChI is InChI=1S/C33H55N5O5.C23H36N4O5.C10H19N.CH4.3CH3.Al/c1-19(2)12-25(17-37(7)8)35-32(42)34-24-11-9-10-22(13-24)16-38-30(29(21(4)40)28(18-39)43-38)31(41)36-27-15-23-14-26(20(27)3)33(23,5)6;1-14(2)9-18(12-26(4)5)25-23(30)24-17-8-6-7-16(10-17)11-27-21-20(19(13-28)32-27)15(3)31-22(21)29;1-6-8-4-7(5-9(6)11)10(8,2)3;;;;;/h9-11,13,19-21,23,25-30,39-40H,12,14-18H2,1-8H3,(H,36,41)(H2,34,35,42);6-8,10,14-15,18-21,28H,9,11-13H2,1-5H3,(H2,24,25,30);6-9H,4-5,11H2,1-3H3;1H4;3*1H3;/t20-,21-,23+,25+,26-,27?,28-,29+,30-;15-,18+,19-,20+,21-;6-,7+,8-,9-;;;;;/m000...../s1. The number of ether oxygens (including phenoxy) is 1. The van der Waals surface area contributed by atoms with Gasteiger partial charge >= 0.3 is 18.0 Å². The van der Waals surface area contributed by atoms with E-state index in [1.54, 1.807) is 17.1 Å². The van der Waals surface area contributed by atoms with Crippen molar-refractivity contribution >= 4 is 49.5 Å². The normalized spacial score (nSPS) is 30.8. The monoisotopic (exact) mass is 1290 g/mol. The molecule has 20 nitrogen and oxygen atoms in total. The maximum atomic E-state index is 13.9. The first kappa shape index (κ1) is 77.8. The maximum Gasteiger partial charge on any atom is 0.326 e. The van der Waals surface area contributed by atoms with Gasteiger partial charge in [-0.1, -0.05) is 101 Å². The van der Waals surface area contributed by atoms with Crippen LogP contribution in [-0.4, -0.2) is 188 Å². The third kappa shape index (κ3) is 20.5. The highest BCUT2D eigenvalue weighted by atomic mass is 27.2. The number of nitrogens with zero attached hydrogens (tertiary/aromatic N) is 4. The molecule has 1 unspecified atom stereocenters. The van der Waals surface area contributed by atoms with Crippen LogP contribution in [0.3, 0.4) is 0 Å². The molecule has 11 rings (SSSR count). The predicted molar refractivity (Wildman–Crippen MR) is 366 cm³/mol. The van der Waals surface area contributed by atoms with Crippen LogP contribution in [0, 0.1) is 70.0 Å². The molecule has 9 aliphatic rings. The minimum absolute atomic E-state index is 0. The number of amides is 5. The van der Waals surface area contributed by atoms with Gasteiger partial charge in [-0.15, -0.1) is 17.4 Å². The third-order valence-corrected chi connectivity index (χ3v) is 20.5. The second-order valence-corrected chi connectivity index (χ2v) is 34.4. The lowest BCUT2D eigenvalue weighted by molar-refractivity contribution is -0.195. The van der Waals surface area contributed by atoms with Crippen molar-refractivity contribution in [3.63, 3.8) is 0 Å². The van der Waals surface area contributed by atoms with Crippen LogP contribution in [0.1, 0.15) is 140 Å². The highest BCUT2D eigenvalue weighted by molar-refractivity contribution is 6.54. The smallest absolute Gasteiger partial charge is 0.326 e. The zero-order chi connectivity index (χ0) is 66.9. The van der Waals surface area contributed by atoms with E-state index < -0.39 is 36.3 Å². The van der Waals surface area contributed by atoms with E-state index in [-0.39, 0.29) is 95.4 Å². The van der Waals surface area contributed by atoms with Crippen molar-refractivity contribution in [3.8, 4) is 0 Å². The summed E-state index contributed by atoms with van der Waals surface area (Å²) in [5.74, 6) is 10.7. The number of carbonyl (C=O) groups excluding carboxylic acids is 4. The van der Waals surface area contributed by atoms with Crippen molar-refractivity contribution in [2.45, 2.75) is 220 Å². The number of carbonyl (C=O) groups is 4. The molecule has 2 aromatic carbocycles. The number of benzene rings is 2. The molecule has 516 valence electrons. The van der Waals surface area contributed by atoms with Crippen LogP contribution in [0.4, 0.5) is 21.0 Å². The first-order chi connectivity index (χ1) is 42.1. The molecule has 0 aromatic heterocycles. The third-order valence-electron chi connectivity index (χ3n) is 20.5. The second kappa shape index (κ2) is 34.1. The number of nitrogens with two attached hydrogens (primary N) is 1. The van der Waals surface area contributed by atoms with E-state index in [0.717, 1.165) is 61.2 Å². The predicted octanol–water partition coefficient (Wildman–Crippen LogP) is 9.29. The highest BCUT2D eigenvalue weighted by Crippen LogP contribution is 2.62. The van der Waals surface area contributed by atoms with E-state index >= 15 is 0 Å². The Labute approximate surface area is 552 Å². The van der Waals surface area contributed by atoms with Gasteiger partial charge in [-0.05, 0) is 174 Å². The quantitative estimate of drug-likeness (QED) is 0.0417. The van der Waals surface area contributed by atoms with Crippen molar-refractivity contribution in [1.82, 2.24) is 35.9 Å². The summed E-state index contributed by atoms with van der Waals surface area (Å²) in [7, 11) is 7.96. The number of fused-ring (bicyclic) bond motifs is 5. The van der Waals surface area contributed by atoms with Crippen molar-refractivity contribution in [3.05, 3.63) is 59.7 Å². The number of esters is 1. The fraction of sp³-hybridized carbons (Fsp3) is 0.771. The number of rotatable bonds is 21. The van der Waals surface area contributed by atoms with Gasteiger partial charge in [0.05, 0.1) is 38.3 Å². The van der Waals surface area contributed by atoms with Crippen LogP contribution >= 0.6 is 0 Å². The second-order valence-electron chi connectivity index (χ2n) is 30.9. The molecule has 2 aromatic rings. The average Bonchev–Trinajstić information content (AvgIpc) is 1.59. The number of nitrogens with one attached hydrogen (secondary N) is 5. The molecular weight excluding hydrogens is 1170 g/mol. The lowest BCUT2D eigenvalue weighted by Crippen LogP contribution is -2.62. The minimum atomic E-state index is -0.855. The number of hydrogen-bond acceptors (Lipinski definition) is 15. The fourth-order valence-electron chi connectivity index (χ4n) is 15.8. The summed E-state index contributed by atoms with van der Waals surface area (Å²) >= 11 is -0.139. The molecule has 5 amide bonds. The van der Waals surface area contributed by atoms with Gasteiger partial charge in [0.25, 0.3) is 14.1 Å². The first-order valence-corrected chi connectivity index (χ1v) is 37.3. The molecular formula is C70H123AlN10O10. The Hall–Kier alpha value is -3.95. The summed E-state index contributed by atoms with van der Waals surface area (Å²) in [6.07, 6.45) is 4.33. The number of aliphatic hydroxyl groups excluding tert-OH is 3. The van der Waals surface area contributed by atoms with Gasteiger partial charge in [-0.25, -0.2) is 9.59 Å². The van der Waals surface area contributed by atoms with Crippen molar-refractivity contribution in [2.75, 3.05) is 65.1 Å². The largest absolute Gasteiger partial charge is 0.461 e. The van der Waals surface area contributed by atoms with Crippen LogP contribution in [-0.2, 0) is 37.1 Å². The van der Waals surface area contributed by atoms with E-state index in [1.165, 1.54) is 19.3 Å². The molecule has 0 radical (unpaired) electrons. The number of cyclic esters (lactones) is 1. The number of anilines is 2. The van der Waals surface area contributed by atoms with Crippen LogP contribution in [0.25, 0.3) is 0 Å². The van der Waals surface area contributed by atoms with Crippen LogP contribution < -0.4 is 32.3 Å². The molecule has 3 aliphatic heterocycles. The van der Waals surface area contributed by atoms with Gasteiger partial charge in [-0.3, -0.25) is 19.3 Å². The molecule has 91 heavy (non-hydrogen) atoms. The summed E-state index contributed by atoms with van der Waals surface area (Å²) in [5, 5.41) is 49.0. The lowest BCUT2D eigenvalue weighted by Gasteiger charge is -2.62. The Balaban J connectivity index is 0.000000272. The van der Waals surface area contributed by atoms with E-state index in [2.05, 4.69) is 123 Å². The van der Waals surface area contributed by atoms with E-state index in [0.29, 0.717) is 64.4 Å². The van der Waals surface area contributed by atoms with E-state index in [9.17, 15) is 34.5 Å². The SMILES string of the molecule is C.CC(C)C[C@H](CN(C)C)NC(=O)Nc1cccc(CN2O[C@@H](CO)[C@@H]([C@H](C)O)[C@H]2C(=O)NC2C[C@H]3C[C@@H]([C@@H]2C)C3(C)C)c1.CC(C)C[C@H](CN(C)C)NC(=O)Nc1cccc(CN2O[C@@H](CO)[C@H]3[C@H](C)OC(=O)[C@H]32)c1.C[C@@H]1[C@@H](N)C[C@H]2C[C@@H]1C2(C)C.[CH3][Al]([CH3])[CH3]. The summed E-state index contributed by atoms with van der Waals surface area (Å²) in [6.45, 7) is 27.7. The van der Waals surface area contributed by atoms with Gasteiger partial charge in [-0.2, -0.15) is 10.1 Å². The van der Waals surface area contributed by atoms with Gasteiger partial charge in [0, 0.05) is 54.5 Å². The summed E-state index contributed by atoms with van der Waals surface area (Å²) in [6, 6.07) is 13.7. The van der Waals surface area contributed by atoms with E-state index in [1.807, 2.05) is 83.6 Å². The lowest BCUT2D eigenvalue weighted by atomic mass is 9.45. The number of urea groups is 2. The molecule has 21 heteroatoms. The van der Waals surface area contributed by atoms with Crippen molar-refractivity contribution in [1.29, 1.82) is 0 Å². The molecule has 9 fully saturated rings. The number of hydrogen-bond donors (Lipinski definition) is 9. The summed E-state index contributed by atoms with van der Waals surface area (Å²) in [4.78, 5) is 67.7. The molecule has 18 atom stereocenters. The molecule has 6 saturated carbocycles. The Morgan fingerprint density at radius 3 is 1.56 bits per heavy atom. The molecule has 0 spiro atoms. The van der Waals surface area contributed by atoms with Crippen LogP contribution in [0.5, 0.6) is 0 Å². The van der Waals surface area contributed by atoms with Gasteiger partial charge in [0.2, 0.25) is 5.91 Å². The van der Waals surface area contributed by atoms with Gasteiger partial charge < -0.3 is 62.2 Å². The number of hydroxylamine groups is 4. The Bertz CT molecular complexity index is 2600.